The van der Waals surface area contributed by atoms with E-state index in [2.05, 4.69) is 20.9 Å². The Morgan fingerprint density at radius 1 is 1.14 bits per heavy atom. The number of benzene rings is 2. The summed E-state index contributed by atoms with van der Waals surface area (Å²) in [4.78, 5) is 32.4. The number of carbonyl (C=O) groups excluding carboxylic acids is 1. The maximum atomic E-state index is 13.4. The van der Waals surface area contributed by atoms with Crippen molar-refractivity contribution in [3.8, 4) is 0 Å². The number of amides is 1. The van der Waals surface area contributed by atoms with Gasteiger partial charge in [-0.1, -0.05) is 39.7 Å². The zero-order valence-electron chi connectivity index (χ0n) is 14.1. The van der Waals surface area contributed by atoms with Gasteiger partial charge in [-0.05, 0) is 35.9 Å². The van der Waals surface area contributed by atoms with E-state index in [-0.39, 0.29) is 17.1 Å². The number of fused-ring (bicyclic) bond motifs is 2. The van der Waals surface area contributed by atoms with Gasteiger partial charge in [-0.15, -0.1) is 11.3 Å². The van der Waals surface area contributed by atoms with E-state index in [0.29, 0.717) is 26.7 Å². The molecule has 5 nitrogen and oxygen atoms in total. The highest BCUT2D eigenvalue weighted by molar-refractivity contribution is 9.10. The van der Waals surface area contributed by atoms with Crippen LogP contribution in [0.5, 0.6) is 0 Å². The van der Waals surface area contributed by atoms with E-state index in [4.69, 9.17) is 16.0 Å². The SMILES string of the molecule is O=C1c2oc3ccc(Cl)cc3c(=O)c2C(c2ccc(Br)cc2)N1c1nccs1. The largest absolute Gasteiger partial charge is 0.450 e. The molecular weight excluding hydrogens is 464 g/mol. The summed E-state index contributed by atoms with van der Waals surface area (Å²) in [6.07, 6.45) is 1.63. The molecular formula is C20H10BrClN2O3S. The molecule has 0 radical (unpaired) electrons. The number of nitrogens with zero attached hydrogens (tertiary/aromatic N) is 2. The average molecular weight is 474 g/mol. The maximum absolute atomic E-state index is 13.4. The Bertz CT molecular complexity index is 1290. The van der Waals surface area contributed by atoms with Crippen LogP contribution in [0.15, 0.2) is 67.7 Å². The summed E-state index contributed by atoms with van der Waals surface area (Å²) in [5, 5.41) is 3.07. The van der Waals surface area contributed by atoms with Gasteiger partial charge in [0.1, 0.15) is 5.58 Å². The molecule has 2 aromatic carbocycles. The van der Waals surface area contributed by atoms with Crippen molar-refractivity contribution in [3.05, 3.63) is 90.6 Å². The Morgan fingerprint density at radius 3 is 2.64 bits per heavy atom. The minimum atomic E-state index is -0.624. The molecule has 0 aliphatic carbocycles. The lowest BCUT2D eigenvalue weighted by Gasteiger charge is -2.22. The third-order valence-corrected chi connectivity index (χ3v) is 6.18. The van der Waals surface area contributed by atoms with Crippen LogP contribution < -0.4 is 10.3 Å². The van der Waals surface area contributed by atoms with Crippen LogP contribution in [0.2, 0.25) is 5.02 Å². The molecule has 1 atom stereocenters. The van der Waals surface area contributed by atoms with Gasteiger partial charge in [0.2, 0.25) is 5.76 Å². The molecule has 3 heterocycles. The molecule has 5 rings (SSSR count). The van der Waals surface area contributed by atoms with Crippen molar-refractivity contribution in [2.45, 2.75) is 6.04 Å². The number of thiazole rings is 1. The lowest BCUT2D eigenvalue weighted by Crippen LogP contribution is -2.29. The summed E-state index contributed by atoms with van der Waals surface area (Å²) >= 11 is 10.8. The van der Waals surface area contributed by atoms with Crippen LogP contribution in [0.4, 0.5) is 5.13 Å². The highest BCUT2D eigenvalue weighted by atomic mass is 79.9. The van der Waals surface area contributed by atoms with Crippen molar-refractivity contribution in [1.82, 2.24) is 4.98 Å². The third-order valence-electron chi connectivity index (χ3n) is 4.64. The summed E-state index contributed by atoms with van der Waals surface area (Å²) in [7, 11) is 0. The lowest BCUT2D eigenvalue weighted by molar-refractivity contribution is 0.0971. The monoisotopic (exact) mass is 472 g/mol. The quantitative estimate of drug-likeness (QED) is 0.390. The highest BCUT2D eigenvalue weighted by Gasteiger charge is 2.44. The smallest absolute Gasteiger partial charge is 0.297 e. The fourth-order valence-corrected chi connectivity index (χ4v) is 4.54. The highest BCUT2D eigenvalue weighted by Crippen LogP contribution is 2.42. The first-order chi connectivity index (χ1) is 13.5. The summed E-state index contributed by atoms with van der Waals surface area (Å²) in [6.45, 7) is 0. The summed E-state index contributed by atoms with van der Waals surface area (Å²) in [5.74, 6) is -0.338. The van der Waals surface area contributed by atoms with Crippen molar-refractivity contribution in [3.63, 3.8) is 0 Å². The van der Waals surface area contributed by atoms with Crippen LogP contribution in [0.1, 0.15) is 27.7 Å². The Morgan fingerprint density at radius 2 is 1.93 bits per heavy atom. The summed E-state index contributed by atoms with van der Waals surface area (Å²) in [5.41, 5.74) is 1.16. The van der Waals surface area contributed by atoms with Gasteiger partial charge in [-0.25, -0.2) is 4.98 Å². The van der Waals surface area contributed by atoms with E-state index in [9.17, 15) is 9.59 Å². The molecule has 1 aliphatic rings. The third kappa shape index (κ3) is 2.62. The molecule has 0 bridgehead atoms. The number of aromatic nitrogens is 1. The van der Waals surface area contributed by atoms with E-state index < -0.39 is 6.04 Å². The first-order valence-electron chi connectivity index (χ1n) is 8.29. The zero-order valence-corrected chi connectivity index (χ0v) is 17.2. The molecule has 28 heavy (non-hydrogen) atoms. The van der Waals surface area contributed by atoms with E-state index in [1.165, 1.54) is 16.2 Å². The standard InChI is InChI=1S/C20H10BrClN2O3S/c21-11-3-1-10(2-4-11)16-15-17(25)13-9-12(22)5-6-14(13)27-18(15)19(26)24(16)20-23-7-8-28-20/h1-9,16H. The van der Waals surface area contributed by atoms with Crippen LogP contribution in [-0.4, -0.2) is 10.9 Å². The molecule has 1 amide bonds. The van der Waals surface area contributed by atoms with Gasteiger partial charge in [0, 0.05) is 21.1 Å². The van der Waals surface area contributed by atoms with Gasteiger partial charge in [0.15, 0.2) is 10.6 Å². The van der Waals surface area contributed by atoms with Gasteiger partial charge >= 0.3 is 0 Å². The van der Waals surface area contributed by atoms with Crippen LogP contribution in [0.3, 0.4) is 0 Å². The summed E-state index contributed by atoms with van der Waals surface area (Å²) in [6, 6.07) is 11.7. The molecule has 0 fully saturated rings. The predicted molar refractivity (Wildman–Crippen MR) is 112 cm³/mol. The van der Waals surface area contributed by atoms with Crippen molar-refractivity contribution < 1.29 is 9.21 Å². The second-order valence-corrected chi connectivity index (χ2v) is 8.48. The van der Waals surface area contributed by atoms with Crippen molar-refractivity contribution in [1.29, 1.82) is 0 Å². The van der Waals surface area contributed by atoms with E-state index >= 15 is 0 Å². The first kappa shape index (κ1) is 17.6. The number of rotatable bonds is 2. The minimum Gasteiger partial charge on any atom is -0.450 e. The Labute approximate surface area is 176 Å². The number of hydrogen-bond donors (Lipinski definition) is 0. The van der Waals surface area contributed by atoms with E-state index in [1.54, 1.807) is 29.8 Å². The first-order valence-corrected chi connectivity index (χ1v) is 10.3. The maximum Gasteiger partial charge on any atom is 0.297 e. The van der Waals surface area contributed by atoms with Gasteiger partial charge in [-0.2, -0.15) is 0 Å². The normalized spacial score (nSPS) is 16.0. The molecule has 1 aliphatic heterocycles. The fourth-order valence-electron chi connectivity index (χ4n) is 3.44. The van der Waals surface area contributed by atoms with Crippen LogP contribution in [0.25, 0.3) is 11.0 Å². The summed E-state index contributed by atoms with van der Waals surface area (Å²) < 4.78 is 6.78. The molecule has 0 saturated heterocycles. The lowest BCUT2D eigenvalue weighted by atomic mass is 9.99. The van der Waals surface area contributed by atoms with E-state index in [1.807, 2.05) is 24.3 Å². The fraction of sp³-hybridized carbons (Fsp3) is 0.0500. The number of halogens is 2. The van der Waals surface area contributed by atoms with Crippen molar-refractivity contribution in [2.24, 2.45) is 0 Å². The van der Waals surface area contributed by atoms with Crippen LogP contribution >= 0.6 is 38.9 Å². The Balaban J connectivity index is 1.83. The molecule has 0 spiro atoms. The molecule has 138 valence electrons. The number of carbonyl (C=O) groups is 1. The second kappa shape index (κ2) is 6.55. The molecule has 0 saturated carbocycles. The number of hydrogen-bond acceptors (Lipinski definition) is 5. The predicted octanol–water partition coefficient (Wildman–Crippen LogP) is 5.42. The molecule has 1 unspecified atom stereocenters. The van der Waals surface area contributed by atoms with Crippen molar-refractivity contribution >= 4 is 60.9 Å². The van der Waals surface area contributed by atoms with Gasteiger partial charge in [-0.3, -0.25) is 14.5 Å². The Kier molecular flexibility index (Phi) is 4.12. The van der Waals surface area contributed by atoms with Crippen molar-refractivity contribution in [2.75, 3.05) is 4.90 Å². The zero-order chi connectivity index (χ0) is 19.4. The molecule has 2 aromatic heterocycles. The molecule has 8 heteroatoms. The number of anilines is 1. The second-order valence-electron chi connectivity index (χ2n) is 6.26. The topological polar surface area (TPSA) is 63.4 Å². The van der Waals surface area contributed by atoms with Gasteiger partial charge < -0.3 is 4.42 Å². The van der Waals surface area contributed by atoms with Gasteiger partial charge in [0.25, 0.3) is 5.91 Å². The van der Waals surface area contributed by atoms with Crippen LogP contribution in [-0.2, 0) is 0 Å². The Hall–Kier alpha value is -2.48. The molecule has 0 N–H and O–H groups in total. The van der Waals surface area contributed by atoms with E-state index in [0.717, 1.165) is 10.0 Å². The van der Waals surface area contributed by atoms with Crippen LogP contribution in [0, 0.1) is 0 Å². The molecule has 4 aromatic rings. The average Bonchev–Trinajstić information content (AvgIpc) is 3.30. The van der Waals surface area contributed by atoms with Gasteiger partial charge in [0.05, 0.1) is 17.0 Å². The minimum absolute atomic E-state index is 0.0444.